The van der Waals surface area contributed by atoms with E-state index in [1.807, 2.05) is 6.20 Å². The zero-order valence-corrected chi connectivity index (χ0v) is 9.18. The molecule has 14 heavy (non-hydrogen) atoms. The molecule has 0 unspecified atom stereocenters. The maximum atomic E-state index is 4.43. The highest BCUT2D eigenvalue weighted by molar-refractivity contribution is 5.81. The van der Waals surface area contributed by atoms with Crippen molar-refractivity contribution in [3.05, 3.63) is 29.1 Å². The fourth-order valence-corrected chi connectivity index (χ4v) is 1.93. The summed E-state index contributed by atoms with van der Waals surface area (Å²) >= 11 is 0. The summed E-state index contributed by atoms with van der Waals surface area (Å²) in [6.45, 7) is 8.65. The van der Waals surface area contributed by atoms with E-state index < -0.39 is 0 Å². The van der Waals surface area contributed by atoms with Crippen LogP contribution in [-0.4, -0.2) is 9.97 Å². The first-order valence-corrected chi connectivity index (χ1v) is 5.04. The Morgan fingerprint density at radius 2 is 2.00 bits per heavy atom. The number of aromatic amines is 1. The standard InChI is InChI=1S/C12H16N2/c1-7(2)11-6-13-12-10(9(11)4)5-8(3)14-12/h5-7H,1-4H3,(H,13,14). The number of nitrogens with one attached hydrogen (secondary N) is 1. The Bertz CT molecular complexity index is 466. The van der Waals surface area contributed by atoms with E-state index in [9.17, 15) is 0 Å². The molecule has 0 saturated heterocycles. The van der Waals surface area contributed by atoms with E-state index in [-0.39, 0.29) is 0 Å². The fraction of sp³-hybridized carbons (Fsp3) is 0.417. The van der Waals surface area contributed by atoms with Crippen molar-refractivity contribution >= 4 is 11.0 Å². The number of rotatable bonds is 1. The van der Waals surface area contributed by atoms with Gasteiger partial charge >= 0.3 is 0 Å². The second kappa shape index (κ2) is 3.12. The number of aryl methyl sites for hydroxylation is 2. The third-order valence-corrected chi connectivity index (χ3v) is 2.72. The molecule has 2 nitrogen and oxygen atoms in total. The Kier molecular flexibility index (Phi) is 2.06. The van der Waals surface area contributed by atoms with Gasteiger partial charge in [-0.1, -0.05) is 13.8 Å². The van der Waals surface area contributed by atoms with Crippen LogP contribution in [0.15, 0.2) is 12.3 Å². The fourth-order valence-electron chi connectivity index (χ4n) is 1.93. The van der Waals surface area contributed by atoms with Gasteiger partial charge in [-0.05, 0) is 37.0 Å². The molecule has 0 amide bonds. The van der Waals surface area contributed by atoms with Crippen LogP contribution in [0.1, 0.15) is 36.6 Å². The molecule has 0 spiro atoms. The Hall–Kier alpha value is -1.31. The zero-order chi connectivity index (χ0) is 10.3. The first kappa shape index (κ1) is 9.25. The van der Waals surface area contributed by atoms with Gasteiger partial charge in [0.15, 0.2) is 0 Å². The smallest absolute Gasteiger partial charge is 0.137 e. The molecule has 2 aromatic rings. The number of aromatic nitrogens is 2. The normalized spacial score (nSPS) is 11.5. The highest BCUT2D eigenvalue weighted by Gasteiger charge is 2.09. The van der Waals surface area contributed by atoms with E-state index in [2.05, 4.69) is 43.7 Å². The topological polar surface area (TPSA) is 28.7 Å². The van der Waals surface area contributed by atoms with Crippen molar-refractivity contribution in [2.45, 2.75) is 33.6 Å². The van der Waals surface area contributed by atoms with Gasteiger partial charge in [-0.25, -0.2) is 4.98 Å². The Balaban J connectivity index is 2.74. The number of H-pyrrole nitrogens is 1. The molecule has 2 heterocycles. The summed E-state index contributed by atoms with van der Waals surface area (Å²) in [5.41, 5.74) is 4.88. The van der Waals surface area contributed by atoms with Crippen LogP contribution in [0.5, 0.6) is 0 Å². The molecule has 0 aromatic carbocycles. The molecule has 2 aromatic heterocycles. The lowest BCUT2D eigenvalue weighted by molar-refractivity contribution is 0.852. The molecule has 2 rings (SSSR count). The Morgan fingerprint density at radius 3 is 2.64 bits per heavy atom. The predicted molar refractivity (Wildman–Crippen MR) is 59.7 cm³/mol. The molecule has 0 aliphatic carbocycles. The maximum Gasteiger partial charge on any atom is 0.137 e. The molecule has 0 saturated carbocycles. The van der Waals surface area contributed by atoms with E-state index in [1.54, 1.807) is 0 Å². The van der Waals surface area contributed by atoms with Crippen LogP contribution in [0.3, 0.4) is 0 Å². The number of pyridine rings is 1. The summed E-state index contributed by atoms with van der Waals surface area (Å²) in [6.07, 6.45) is 1.98. The molecule has 74 valence electrons. The second-order valence-electron chi connectivity index (χ2n) is 4.21. The second-order valence-corrected chi connectivity index (χ2v) is 4.21. The maximum absolute atomic E-state index is 4.43. The van der Waals surface area contributed by atoms with Gasteiger partial charge in [-0.2, -0.15) is 0 Å². The molecule has 0 radical (unpaired) electrons. The summed E-state index contributed by atoms with van der Waals surface area (Å²) in [7, 11) is 0. The summed E-state index contributed by atoms with van der Waals surface area (Å²) < 4.78 is 0. The van der Waals surface area contributed by atoms with Crippen LogP contribution in [0.25, 0.3) is 11.0 Å². The number of hydrogen-bond donors (Lipinski definition) is 1. The van der Waals surface area contributed by atoms with Crippen molar-refractivity contribution in [3.63, 3.8) is 0 Å². The van der Waals surface area contributed by atoms with E-state index in [0.29, 0.717) is 5.92 Å². The molecule has 0 atom stereocenters. The third-order valence-electron chi connectivity index (χ3n) is 2.72. The summed E-state index contributed by atoms with van der Waals surface area (Å²) in [4.78, 5) is 7.68. The van der Waals surface area contributed by atoms with Crippen LogP contribution in [0, 0.1) is 13.8 Å². The number of nitrogens with zero attached hydrogens (tertiary/aromatic N) is 1. The molecule has 0 aliphatic heterocycles. The molecule has 1 N–H and O–H groups in total. The molecular weight excluding hydrogens is 172 g/mol. The first-order valence-electron chi connectivity index (χ1n) is 5.04. The van der Waals surface area contributed by atoms with Crippen LogP contribution < -0.4 is 0 Å². The van der Waals surface area contributed by atoms with Crippen molar-refractivity contribution in [2.24, 2.45) is 0 Å². The molecular formula is C12H16N2. The van der Waals surface area contributed by atoms with Gasteiger partial charge in [0, 0.05) is 17.3 Å². The summed E-state index contributed by atoms with van der Waals surface area (Å²) in [5.74, 6) is 0.544. The van der Waals surface area contributed by atoms with Crippen LogP contribution in [-0.2, 0) is 0 Å². The van der Waals surface area contributed by atoms with E-state index in [0.717, 1.165) is 5.65 Å². The lowest BCUT2D eigenvalue weighted by Crippen LogP contribution is -1.93. The zero-order valence-electron chi connectivity index (χ0n) is 9.18. The van der Waals surface area contributed by atoms with Gasteiger partial charge in [-0.15, -0.1) is 0 Å². The van der Waals surface area contributed by atoms with E-state index >= 15 is 0 Å². The number of fused-ring (bicyclic) bond motifs is 1. The van der Waals surface area contributed by atoms with Crippen LogP contribution in [0.2, 0.25) is 0 Å². The van der Waals surface area contributed by atoms with Crippen LogP contribution >= 0.6 is 0 Å². The van der Waals surface area contributed by atoms with Crippen molar-refractivity contribution in [3.8, 4) is 0 Å². The van der Waals surface area contributed by atoms with Gasteiger partial charge in [0.2, 0.25) is 0 Å². The molecule has 0 aliphatic rings. The first-order chi connectivity index (χ1) is 6.59. The van der Waals surface area contributed by atoms with Gasteiger partial charge in [0.05, 0.1) is 0 Å². The van der Waals surface area contributed by atoms with Gasteiger partial charge in [0.25, 0.3) is 0 Å². The minimum Gasteiger partial charge on any atom is -0.344 e. The SMILES string of the molecule is Cc1cc2c(C)c(C(C)C)cnc2[nH]1. The highest BCUT2D eigenvalue weighted by atomic mass is 14.8. The molecule has 0 fully saturated rings. The minimum atomic E-state index is 0.544. The quantitative estimate of drug-likeness (QED) is 0.730. The van der Waals surface area contributed by atoms with Crippen molar-refractivity contribution in [2.75, 3.05) is 0 Å². The Labute approximate surface area is 84.4 Å². The lowest BCUT2D eigenvalue weighted by Gasteiger charge is -2.08. The monoisotopic (exact) mass is 188 g/mol. The van der Waals surface area contributed by atoms with Crippen LogP contribution in [0.4, 0.5) is 0 Å². The van der Waals surface area contributed by atoms with Gasteiger partial charge in [0.1, 0.15) is 5.65 Å². The molecule has 0 bridgehead atoms. The highest BCUT2D eigenvalue weighted by Crippen LogP contribution is 2.25. The average Bonchev–Trinajstić information content (AvgIpc) is 2.46. The molecule has 2 heteroatoms. The Morgan fingerprint density at radius 1 is 1.29 bits per heavy atom. The summed E-state index contributed by atoms with van der Waals surface area (Å²) in [5, 5.41) is 1.26. The third kappa shape index (κ3) is 1.31. The van der Waals surface area contributed by atoms with Gasteiger partial charge < -0.3 is 4.98 Å². The minimum absolute atomic E-state index is 0.544. The van der Waals surface area contributed by atoms with Crippen molar-refractivity contribution in [1.82, 2.24) is 9.97 Å². The average molecular weight is 188 g/mol. The predicted octanol–water partition coefficient (Wildman–Crippen LogP) is 3.30. The van der Waals surface area contributed by atoms with Crippen molar-refractivity contribution in [1.29, 1.82) is 0 Å². The van der Waals surface area contributed by atoms with Crippen molar-refractivity contribution < 1.29 is 0 Å². The van der Waals surface area contributed by atoms with Gasteiger partial charge in [-0.3, -0.25) is 0 Å². The van der Waals surface area contributed by atoms with E-state index in [1.165, 1.54) is 22.2 Å². The van der Waals surface area contributed by atoms with E-state index in [4.69, 9.17) is 0 Å². The number of hydrogen-bond acceptors (Lipinski definition) is 1. The largest absolute Gasteiger partial charge is 0.344 e. The summed E-state index contributed by atoms with van der Waals surface area (Å²) in [6, 6.07) is 2.17. The lowest BCUT2D eigenvalue weighted by atomic mass is 9.98.